The highest BCUT2D eigenvalue weighted by Crippen LogP contribution is 2.54. The highest BCUT2D eigenvalue weighted by Gasteiger charge is 2.51. The standard InChI is InChI=1S/C15H22O2/c1-10(2)13-7-12(5-6-14(13)17-4)15(9-16)8-11(15)3/h5-7,10-11,16H,8-9H2,1-4H3. The molecule has 0 spiro atoms. The molecule has 0 bridgehead atoms. The number of rotatable bonds is 4. The quantitative estimate of drug-likeness (QED) is 0.867. The molecule has 1 aliphatic carbocycles. The van der Waals surface area contributed by atoms with E-state index in [-0.39, 0.29) is 12.0 Å². The smallest absolute Gasteiger partial charge is 0.122 e. The van der Waals surface area contributed by atoms with E-state index < -0.39 is 0 Å². The Morgan fingerprint density at radius 3 is 2.53 bits per heavy atom. The third kappa shape index (κ3) is 1.95. The molecule has 2 rings (SSSR count). The summed E-state index contributed by atoms with van der Waals surface area (Å²) in [7, 11) is 1.71. The Bertz CT molecular complexity index is 407. The molecule has 0 aliphatic heterocycles. The molecule has 1 aromatic rings. The average molecular weight is 234 g/mol. The Morgan fingerprint density at radius 1 is 1.47 bits per heavy atom. The monoisotopic (exact) mass is 234 g/mol. The van der Waals surface area contributed by atoms with Gasteiger partial charge in [-0.05, 0) is 35.4 Å². The zero-order valence-corrected chi connectivity index (χ0v) is 11.2. The first-order valence-corrected chi connectivity index (χ1v) is 6.34. The van der Waals surface area contributed by atoms with Crippen molar-refractivity contribution < 1.29 is 9.84 Å². The molecule has 2 atom stereocenters. The van der Waals surface area contributed by atoms with Crippen LogP contribution in [-0.4, -0.2) is 18.8 Å². The lowest BCUT2D eigenvalue weighted by atomic mass is 9.90. The minimum absolute atomic E-state index is 0.00983. The zero-order chi connectivity index (χ0) is 12.6. The molecular weight excluding hydrogens is 212 g/mol. The van der Waals surface area contributed by atoms with Gasteiger partial charge in [-0.3, -0.25) is 0 Å². The highest BCUT2D eigenvalue weighted by atomic mass is 16.5. The molecule has 2 unspecified atom stereocenters. The summed E-state index contributed by atoms with van der Waals surface area (Å²) in [6, 6.07) is 6.35. The lowest BCUT2D eigenvalue weighted by Crippen LogP contribution is -2.15. The summed E-state index contributed by atoms with van der Waals surface area (Å²) in [4.78, 5) is 0. The third-order valence-corrected chi connectivity index (χ3v) is 4.16. The minimum Gasteiger partial charge on any atom is -0.496 e. The van der Waals surface area contributed by atoms with Gasteiger partial charge in [-0.15, -0.1) is 0 Å². The second-order valence-electron chi connectivity index (χ2n) is 5.53. The van der Waals surface area contributed by atoms with Crippen molar-refractivity contribution in [1.29, 1.82) is 0 Å². The van der Waals surface area contributed by atoms with Gasteiger partial charge in [0.15, 0.2) is 0 Å². The Balaban J connectivity index is 2.41. The van der Waals surface area contributed by atoms with Crippen LogP contribution in [0.3, 0.4) is 0 Å². The van der Waals surface area contributed by atoms with Gasteiger partial charge >= 0.3 is 0 Å². The SMILES string of the molecule is COc1ccc(C2(CO)CC2C)cc1C(C)C. The van der Waals surface area contributed by atoms with Gasteiger partial charge in [-0.25, -0.2) is 0 Å². The van der Waals surface area contributed by atoms with Crippen molar-refractivity contribution in [3.63, 3.8) is 0 Å². The summed E-state index contributed by atoms with van der Waals surface area (Å²) >= 11 is 0. The van der Waals surface area contributed by atoms with Gasteiger partial charge in [0.25, 0.3) is 0 Å². The molecule has 0 heterocycles. The molecule has 1 saturated carbocycles. The molecule has 1 aromatic carbocycles. The van der Waals surface area contributed by atoms with E-state index in [0.717, 1.165) is 12.2 Å². The lowest BCUT2D eigenvalue weighted by Gasteiger charge is -2.18. The number of benzene rings is 1. The summed E-state index contributed by atoms with van der Waals surface area (Å²) in [5, 5.41) is 9.61. The number of ether oxygens (including phenoxy) is 1. The first-order chi connectivity index (χ1) is 8.05. The third-order valence-electron chi connectivity index (χ3n) is 4.16. The molecule has 2 heteroatoms. The van der Waals surface area contributed by atoms with Gasteiger partial charge in [-0.2, -0.15) is 0 Å². The van der Waals surface area contributed by atoms with Gasteiger partial charge in [0, 0.05) is 5.41 Å². The molecule has 17 heavy (non-hydrogen) atoms. The molecule has 1 N–H and O–H groups in total. The molecule has 1 fully saturated rings. The Labute approximate surface area is 104 Å². The fourth-order valence-electron chi connectivity index (χ4n) is 2.70. The number of aliphatic hydroxyl groups excluding tert-OH is 1. The van der Waals surface area contributed by atoms with Crippen molar-refractivity contribution in [2.45, 2.75) is 38.5 Å². The van der Waals surface area contributed by atoms with Crippen LogP contribution in [0.4, 0.5) is 0 Å². The number of hydrogen-bond acceptors (Lipinski definition) is 2. The molecule has 2 nitrogen and oxygen atoms in total. The Hall–Kier alpha value is -1.02. The van der Waals surface area contributed by atoms with Crippen LogP contribution in [-0.2, 0) is 5.41 Å². The van der Waals surface area contributed by atoms with Gasteiger partial charge in [0.05, 0.1) is 13.7 Å². The lowest BCUT2D eigenvalue weighted by molar-refractivity contribution is 0.247. The van der Waals surface area contributed by atoms with Crippen LogP contribution < -0.4 is 4.74 Å². The maximum atomic E-state index is 9.61. The molecule has 1 aliphatic rings. The summed E-state index contributed by atoms with van der Waals surface area (Å²) in [5.74, 6) is 1.97. The number of hydrogen-bond donors (Lipinski definition) is 1. The van der Waals surface area contributed by atoms with Crippen LogP contribution in [0.2, 0.25) is 0 Å². The molecule has 0 saturated heterocycles. The van der Waals surface area contributed by atoms with E-state index in [1.165, 1.54) is 11.1 Å². The minimum atomic E-state index is 0.00983. The van der Waals surface area contributed by atoms with E-state index in [2.05, 4.69) is 32.9 Å². The summed E-state index contributed by atoms with van der Waals surface area (Å²) in [5.41, 5.74) is 2.50. The highest BCUT2D eigenvalue weighted by molar-refractivity contribution is 5.44. The van der Waals surface area contributed by atoms with Crippen LogP contribution >= 0.6 is 0 Å². The van der Waals surface area contributed by atoms with Gasteiger partial charge in [0.1, 0.15) is 5.75 Å². The fourth-order valence-corrected chi connectivity index (χ4v) is 2.70. The second-order valence-corrected chi connectivity index (χ2v) is 5.53. The van der Waals surface area contributed by atoms with Gasteiger partial charge < -0.3 is 9.84 Å². The topological polar surface area (TPSA) is 29.5 Å². The zero-order valence-electron chi connectivity index (χ0n) is 11.2. The van der Waals surface area contributed by atoms with Crippen molar-refractivity contribution in [3.05, 3.63) is 29.3 Å². The molecular formula is C15H22O2. The van der Waals surface area contributed by atoms with Gasteiger partial charge in [0.2, 0.25) is 0 Å². The summed E-state index contributed by atoms with van der Waals surface area (Å²) in [6.07, 6.45) is 1.09. The summed E-state index contributed by atoms with van der Waals surface area (Å²) in [6.45, 7) is 6.79. The second kappa shape index (κ2) is 4.34. The molecule has 94 valence electrons. The van der Waals surface area contributed by atoms with Crippen molar-refractivity contribution in [1.82, 2.24) is 0 Å². The van der Waals surface area contributed by atoms with E-state index in [4.69, 9.17) is 4.74 Å². The van der Waals surface area contributed by atoms with E-state index in [9.17, 15) is 5.11 Å². The predicted molar refractivity (Wildman–Crippen MR) is 69.6 cm³/mol. The van der Waals surface area contributed by atoms with E-state index in [0.29, 0.717) is 11.8 Å². The van der Waals surface area contributed by atoms with E-state index in [1.54, 1.807) is 7.11 Å². The largest absolute Gasteiger partial charge is 0.496 e. The van der Waals surface area contributed by atoms with E-state index >= 15 is 0 Å². The summed E-state index contributed by atoms with van der Waals surface area (Å²) < 4.78 is 5.39. The Morgan fingerprint density at radius 2 is 2.12 bits per heavy atom. The number of methoxy groups -OCH3 is 1. The average Bonchev–Trinajstić information content (AvgIpc) is 3.00. The van der Waals surface area contributed by atoms with Crippen molar-refractivity contribution in [2.24, 2.45) is 5.92 Å². The van der Waals surface area contributed by atoms with E-state index in [1.807, 2.05) is 6.07 Å². The molecule has 0 radical (unpaired) electrons. The van der Waals surface area contributed by atoms with Gasteiger partial charge in [-0.1, -0.05) is 32.9 Å². The van der Waals surface area contributed by atoms with Crippen molar-refractivity contribution in [3.8, 4) is 5.75 Å². The van der Waals surface area contributed by atoms with Crippen molar-refractivity contribution >= 4 is 0 Å². The molecule has 0 amide bonds. The maximum Gasteiger partial charge on any atom is 0.122 e. The fraction of sp³-hybridized carbons (Fsp3) is 0.600. The normalized spacial score (nSPS) is 27.3. The molecule has 0 aromatic heterocycles. The van der Waals surface area contributed by atoms with Crippen LogP contribution in [0.5, 0.6) is 5.75 Å². The van der Waals surface area contributed by atoms with Crippen molar-refractivity contribution in [2.75, 3.05) is 13.7 Å². The number of aliphatic hydroxyl groups is 1. The van der Waals surface area contributed by atoms with Crippen LogP contribution in [0.25, 0.3) is 0 Å². The Kier molecular flexibility index (Phi) is 3.17. The van der Waals surface area contributed by atoms with Crippen LogP contribution in [0.1, 0.15) is 44.2 Å². The van der Waals surface area contributed by atoms with Crippen LogP contribution in [0.15, 0.2) is 18.2 Å². The first kappa shape index (κ1) is 12.4. The maximum absolute atomic E-state index is 9.61. The van der Waals surface area contributed by atoms with Crippen LogP contribution in [0, 0.1) is 5.92 Å². The first-order valence-electron chi connectivity index (χ1n) is 6.34. The predicted octanol–water partition coefficient (Wildman–Crippen LogP) is 3.09.